The first-order valence-corrected chi connectivity index (χ1v) is 7.36. The number of hydrogen-bond donors (Lipinski definition) is 1. The lowest BCUT2D eigenvalue weighted by Gasteiger charge is -2.27. The Morgan fingerprint density at radius 1 is 1.31 bits per heavy atom. The van der Waals surface area contributed by atoms with E-state index in [9.17, 15) is 0 Å². The minimum Gasteiger partial charge on any atom is -0.306 e. The zero-order chi connectivity index (χ0) is 12.0. The maximum absolute atomic E-state index is 3.82. The first kappa shape index (κ1) is 13.7. The summed E-state index contributed by atoms with van der Waals surface area (Å²) in [6.45, 7) is 9.14. The topological polar surface area (TPSA) is 12.0 Å². The fraction of sp³-hybridized carbons (Fsp3) is 0.714. The molecule has 0 aliphatic heterocycles. The van der Waals surface area contributed by atoms with Crippen molar-refractivity contribution in [2.45, 2.75) is 59.0 Å². The monoisotopic (exact) mass is 239 g/mol. The molecule has 1 aromatic heterocycles. The summed E-state index contributed by atoms with van der Waals surface area (Å²) >= 11 is 1.87. The number of thiophene rings is 1. The van der Waals surface area contributed by atoms with Crippen molar-refractivity contribution in [2.75, 3.05) is 0 Å². The molecule has 0 radical (unpaired) electrons. The highest BCUT2D eigenvalue weighted by Gasteiger charge is 2.18. The van der Waals surface area contributed by atoms with Gasteiger partial charge < -0.3 is 5.32 Å². The summed E-state index contributed by atoms with van der Waals surface area (Å²) in [5, 5.41) is 5.99. The average molecular weight is 239 g/mol. The molecule has 2 atom stereocenters. The molecular weight excluding hydrogens is 214 g/mol. The van der Waals surface area contributed by atoms with Crippen LogP contribution in [0.15, 0.2) is 17.5 Å². The van der Waals surface area contributed by atoms with E-state index in [2.05, 4.69) is 50.5 Å². The molecule has 0 saturated heterocycles. The molecule has 2 heteroatoms. The Hall–Kier alpha value is -0.340. The van der Waals surface area contributed by atoms with E-state index < -0.39 is 0 Å². The maximum atomic E-state index is 3.82. The molecule has 2 unspecified atom stereocenters. The molecule has 0 aliphatic rings. The molecule has 1 aromatic rings. The van der Waals surface area contributed by atoms with E-state index in [-0.39, 0.29) is 0 Å². The Morgan fingerprint density at radius 3 is 2.50 bits per heavy atom. The van der Waals surface area contributed by atoms with Crippen LogP contribution in [0.1, 0.15) is 57.9 Å². The van der Waals surface area contributed by atoms with E-state index in [1.807, 2.05) is 11.3 Å². The van der Waals surface area contributed by atoms with E-state index in [0.717, 1.165) is 0 Å². The van der Waals surface area contributed by atoms with Gasteiger partial charge in [-0.3, -0.25) is 0 Å². The van der Waals surface area contributed by atoms with Crippen molar-refractivity contribution >= 4 is 11.3 Å². The molecule has 0 spiro atoms. The Morgan fingerprint density at radius 2 is 2.06 bits per heavy atom. The third kappa shape index (κ3) is 3.91. The van der Waals surface area contributed by atoms with Crippen molar-refractivity contribution in [3.8, 4) is 0 Å². The molecule has 1 N–H and O–H groups in total. The molecule has 92 valence electrons. The predicted molar refractivity (Wildman–Crippen MR) is 74.0 cm³/mol. The zero-order valence-electron chi connectivity index (χ0n) is 11.0. The lowest BCUT2D eigenvalue weighted by Crippen LogP contribution is -2.36. The van der Waals surface area contributed by atoms with Gasteiger partial charge in [0.15, 0.2) is 0 Å². The van der Waals surface area contributed by atoms with Crippen molar-refractivity contribution in [3.63, 3.8) is 0 Å². The summed E-state index contributed by atoms with van der Waals surface area (Å²) in [6, 6.07) is 5.60. The Balaban J connectivity index is 2.64. The van der Waals surface area contributed by atoms with Gasteiger partial charge in [-0.05, 0) is 30.2 Å². The summed E-state index contributed by atoms with van der Waals surface area (Å²) in [7, 11) is 0. The van der Waals surface area contributed by atoms with Gasteiger partial charge in [0.2, 0.25) is 0 Å². The summed E-state index contributed by atoms with van der Waals surface area (Å²) in [5.74, 6) is 0.712. The number of rotatable bonds is 7. The molecule has 0 aromatic carbocycles. The van der Waals surface area contributed by atoms with Crippen LogP contribution in [0.5, 0.6) is 0 Å². The van der Waals surface area contributed by atoms with E-state index in [1.54, 1.807) is 0 Å². The van der Waals surface area contributed by atoms with Gasteiger partial charge in [-0.15, -0.1) is 11.3 Å². The maximum Gasteiger partial charge on any atom is 0.0416 e. The largest absolute Gasteiger partial charge is 0.306 e. The molecule has 0 fully saturated rings. The molecule has 0 amide bonds. The number of nitrogens with one attached hydrogen (secondary N) is 1. The Labute approximate surface area is 104 Å². The van der Waals surface area contributed by atoms with Crippen molar-refractivity contribution < 1.29 is 0 Å². The van der Waals surface area contributed by atoms with Gasteiger partial charge in [-0.25, -0.2) is 0 Å². The first-order chi connectivity index (χ1) is 7.69. The Bertz CT molecular complexity index is 266. The first-order valence-electron chi connectivity index (χ1n) is 6.48. The van der Waals surface area contributed by atoms with Gasteiger partial charge in [0.25, 0.3) is 0 Å². The van der Waals surface area contributed by atoms with E-state index in [0.29, 0.717) is 18.0 Å². The van der Waals surface area contributed by atoms with Gasteiger partial charge in [0.1, 0.15) is 0 Å². The van der Waals surface area contributed by atoms with Crippen molar-refractivity contribution in [3.05, 3.63) is 22.4 Å². The van der Waals surface area contributed by atoms with Crippen molar-refractivity contribution in [1.82, 2.24) is 5.32 Å². The van der Waals surface area contributed by atoms with E-state index in [1.165, 1.54) is 24.1 Å². The van der Waals surface area contributed by atoms with Crippen LogP contribution in [0.3, 0.4) is 0 Å². The zero-order valence-corrected chi connectivity index (χ0v) is 11.8. The van der Waals surface area contributed by atoms with Crippen molar-refractivity contribution in [2.24, 2.45) is 5.92 Å². The lowest BCUT2D eigenvalue weighted by molar-refractivity contribution is 0.337. The van der Waals surface area contributed by atoms with Crippen LogP contribution >= 0.6 is 11.3 Å². The molecular formula is C14H25NS. The standard InChI is InChI=1S/C14H25NS/c1-5-8-13(14-9-7-10-16-14)15-12(6-2)11(3)4/h7,9-13,15H,5-6,8H2,1-4H3. The average Bonchev–Trinajstić information content (AvgIpc) is 2.76. The van der Waals surface area contributed by atoms with E-state index in [4.69, 9.17) is 0 Å². The lowest BCUT2D eigenvalue weighted by atomic mass is 9.99. The normalized spacial score (nSPS) is 15.3. The van der Waals surface area contributed by atoms with Crippen LogP contribution in [-0.4, -0.2) is 6.04 Å². The second kappa shape index (κ2) is 7.08. The van der Waals surface area contributed by atoms with Crippen LogP contribution in [0, 0.1) is 5.92 Å². The summed E-state index contributed by atoms with van der Waals surface area (Å²) in [6.07, 6.45) is 3.69. The third-order valence-electron chi connectivity index (χ3n) is 3.12. The third-order valence-corrected chi connectivity index (χ3v) is 4.11. The summed E-state index contributed by atoms with van der Waals surface area (Å²) < 4.78 is 0. The van der Waals surface area contributed by atoms with Gasteiger partial charge in [0.05, 0.1) is 0 Å². The minimum absolute atomic E-state index is 0.553. The van der Waals surface area contributed by atoms with E-state index >= 15 is 0 Å². The molecule has 1 rings (SSSR count). The van der Waals surface area contributed by atoms with Crippen LogP contribution in [0.2, 0.25) is 0 Å². The fourth-order valence-electron chi connectivity index (χ4n) is 2.13. The van der Waals surface area contributed by atoms with Crippen LogP contribution in [-0.2, 0) is 0 Å². The minimum atomic E-state index is 0.553. The van der Waals surface area contributed by atoms with Gasteiger partial charge in [-0.1, -0.05) is 40.2 Å². The van der Waals surface area contributed by atoms with Crippen molar-refractivity contribution in [1.29, 1.82) is 0 Å². The molecule has 1 nitrogen and oxygen atoms in total. The smallest absolute Gasteiger partial charge is 0.0416 e. The highest BCUT2D eigenvalue weighted by atomic mass is 32.1. The summed E-state index contributed by atoms with van der Waals surface area (Å²) in [5.41, 5.74) is 0. The second-order valence-electron chi connectivity index (χ2n) is 4.78. The number of hydrogen-bond acceptors (Lipinski definition) is 2. The SMILES string of the molecule is CCCC(NC(CC)C(C)C)c1cccs1. The quantitative estimate of drug-likeness (QED) is 0.732. The second-order valence-corrected chi connectivity index (χ2v) is 5.76. The van der Waals surface area contributed by atoms with Crippen LogP contribution in [0.4, 0.5) is 0 Å². The molecule has 0 saturated carbocycles. The fourth-order valence-corrected chi connectivity index (χ4v) is 2.95. The van der Waals surface area contributed by atoms with Crippen LogP contribution in [0.25, 0.3) is 0 Å². The highest BCUT2D eigenvalue weighted by molar-refractivity contribution is 7.10. The molecule has 16 heavy (non-hydrogen) atoms. The summed E-state index contributed by atoms with van der Waals surface area (Å²) in [4.78, 5) is 1.49. The van der Waals surface area contributed by atoms with Gasteiger partial charge in [-0.2, -0.15) is 0 Å². The molecule has 1 heterocycles. The molecule has 0 bridgehead atoms. The van der Waals surface area contributed by atoms with Gasteiger partial charge in [0, 0.05) is 17.0 Å². The Kier molecular flexibility index (Phi) is 6.07. The predicted octanol–water partition coefficient (Wildman–Crippen LogP) is 4.61. The molecule has 0 aliphatic carbocycles. The highest BCUT2D eigenvalue weighted by Crippen LogP contribution is 2.25. The van der Waals surface area contributed by atoms with Gasteiger partial charge >= 0.3 is 0 Å². The van der Waals surface area contributed by atoms with Crippen LogP contribution < -0.4 is 5.32 Å².